The summed E-state index contributed by atoms with van der Waals surface area (Å²) in [5.41, 5.74) is 27.0. The lowest BCUT2D eigenvalue weighted by Gasteiger charge is -1.34. The van der Waals surface area contributed by atoms with Crippen LogP contribution in [0.2, 0.25) is 0 Å². The van der Waals surface area contributed by atoms with E-state index in [1.165, 1.54) is 9.82 Å². The Bertz CT molecular complexity index is 94.2. The van der Waals surface area contributed by atoms with Gasteiger partial charge in [-0.15, -0.1) is 0 Å². The third-order valence-electron chi connectivity index (χ3n) is 0. The summed E-state index contributed by atoms with van der Waals surface area (Å²) in [5, 5.41) is 6.89. The number of carboxylic acid groups (broad SMARTS) is 1. The third-order valence-corrected chi connectivity index (χ3v) is 0. The molecule has 0 unspecified atom stereocenters. The van der Waals surface area contributed by atoms with E-state index in [1.807, 2.05) is 0 Å². The Balaban J connectivity index is -0.0000000600. The molecule has 0 aromatic carbocycles. The van der Waals surface area contributed by atoms with E-state index in [0.717, 1.165) is 0 Å². The molecular formula is CH2N6O2-2. The van der Waals surface area contributed by atoms with E-state index in [0.29, 0.717) is 0 Å². The first-order valence-electron chi connectivity index (χ1n) is 1.29. The molecule has 0 aromatic rings. The van der Waals surface area contributed by atoms with Crippen LogP contribution in [0.3, 0.4) is 0 Å². The predicted molar refractivity (Wildman–Crippen MR) is 28.8 cm³/mol. The van der Waals surface area contributed by atoms with Crippen LogP contribution >= 0.6 is 0 Å². The molecule has 0 aliphatic heterocycles. The fourth-order valence-corrected chi connectivity index (χ4v) is 0. The largest absolute Gasteiger partial charge is 0.483 e. The first-order chi connectivity index (χ1) is 4.24. The molecule has 0 spiro atoms. The van der Waals surface area contributed by atoms with Crippen LogP contribution in [0.5, 0.6) is 0 Å². The Hall–Kier alpha value is -1.91. The van der Waals surface area contributed by atoms with Crippen LogP contribution < -0.4 is 0 Å². The Kier molecular flexibility index (Phi) is 232. The second kappa shape index (κ2) is 133. The number of nitrogens with zero attached hydrogens (tertiary/aromatic N) is 6. The van der Waals surface area contributed by atoms with E-state index in [2.05, 4.69) is 0 Å². The Labute approximate surface area is 49.6 Å². The van der Waals surface area contributed by atoms with Gasteiger partial charge in [0.2, 0.25) is 0 Å². The molecule has 0 saturated heterocycles. The van der Waals surface area contributed by atoms with Gasteiger partial charge < -0.3 is 27.2 Å². The van der Waals surface area contributed by atoms with E-state index in [4.69, 9.17) is 32.0 Å². The molecule has 0 aromatic heterocycles. The molecule has 0 saturated carbocycles. The zero-order valence-corrected chi connectivity index (χ0v) is 4.12. The molecular weight excluding hydrogens is 128 g/mol. The molecule has 8 heteroatoms. The summed E-state index contributed by atoms with van der Waals surface area (Å²) in [5.74, 6) is 0. The summed E-state index contributed by atoms with van der Waals surface area (Å²) in [4.78, 5) is 11.4. The summed E-state index contributed by atoms with van der Waals surface area (Å²) in [6.45, 7) is -0.250. The van der Waals surface area contributed by atoms with Crippen LogP contribution in [0, 0.1) is 0 Å². The minimum Gasteiger partial charge on any atom is -0.483 e. The van der Waals surface area contributed by atoms with Gasteiger partial charge in [0.25, 0.3) is 6.47 Å². The summed E-state index contributed by atoms with van der Waals surface area (Å²) in [6.07, 6.45) is 0. The number of rotatable bonds is 0. The molecule has 0 atom stereocenters. The van der Waals surface area contributed by atoms with Gasteiger partial charge >= 0.3 is 0 Å². The second-order valence-electron chi connectivity index (χ2n) is 0.284. The maximum absolute atomic E-state index is 8.36. The lowest BCUT2D eigenvalue weighted by Crippen LogP contribution is -1.49. The molecule has 0 amide bonds. The Morgan fingerprint density at radius 1 is 1.11 bits per heavy atom. The van der Waals surface area contributed by atoms with Crippen molar-refractivity contribution in [1.82, 2.24) is 0 Å². The van der Waals surface area contributed by atoms with Crippen LogP contribution in [0.4, 0.5) is 0 Å². The van der Waals surface area contributed by atoms with Crippen molar-refractivity contribution < 1.29 is 9.90 Å². The maximum atomic E-state index is 8.36. The molecule has 8 nitrogen and oxygen atoms in total. The molecule has 0 rings (SSSR count). The van der Waals surface area contributed by atoms with Gasteiger partial charge in [-0.05, 0) is 0 Å². The van der Waals surface area contributed by atoms with Gasteiger partial charge in [-0.3, -0.25) is 14.6 Å². The standard InChI is InChI=1S/CH2O2.2N3/c2-1-3;2*1-3-2/h1H,(H,2,3);;/q;2*-1. The third kappa shape index (κ3) is 27.9. The lowest BCUT2D eigenvalue weighted by atomic mass is 11.7. The van der Waals surface area contributed by atoms with Crippen molar-refractivity contribution in [3.63, 3.8) is 0 Å². The normalized spacial score (nSPS) is 3.11. The molecule has 9 heavy (non-hydrogen) atoms. The molecule has 0 bridgehead atoms. The van der Waals surface area contributed by atoms with Crippen molar-refractivity contribution in [1.29, 1.82) is 0 Å². The van der Waals surface area contributed by atoms with Gasteiger partial charge in [-0.2, -0.15) is 0 Å². The van der Waals surface area contributed by atoms with E-state index in [-0.39, 0.29) is 6.47 Å². The molecule has 1 N–H and O–H groups in total. The summed E-state index contributed by atoms with van der Waals surface area (Å²) in [6, 6.07) is 0. The number of hydrogen-bond acceptors (Lipinski definition) is 1. The first kappa shape index (κ1) is 15.7. The van der Waals surface area contributed by atoms with Gasteiger partial charge in [-0.25, -0.2) is 0 Å². The molecule has 0 aliphatic carbocycles. The van der Waals surface area contributed by atoms with Crippen molar-refractivity contribution in [2.75, 3.05) is 0 Å². The topological polar surface area (TPSA) is 155 Å². The quantitative estimate of drug-likeness (QED) is 0.228. The van der Waals surface area contributed by atoms with E-state index in [1.54, 1.807) is 0 Å². The van der Waals surface area contributed by atoms with Crippen molar-refractivity contribution in [3.8, 4) is 0 Å². The fourth-order valence-electron chi connectivity index (χ4n) is 0. The highest BCUT2D eigenvalue weighted by molar-refractivity contribution is 5.32. The highest BCUT2D eigenvalue weighted by atomic mass is 16.3. The SMILES string of the molecule is O=CO.[N-]=[N+]=[N-].[N-]=[N+]=[N-]. The van der Waals surface area contributed by atoms with Crippen molar-refractivity contribution in [3.05, 3.63) is 31.9 Å². The first-order valence-corrected chi connectivity index (χ1v) is 1.29. The van der Waals surface area contributed by atoms with Crippen LogP contribution in [-0.2, 0) is 4.79 Å². The summed E-state index contributed by atoms with van der Waals surface area (Å²) in [7, 11) is 0. The average Bonchev–Trinajstić information content (AvgIpc) is 1.70. The second-order valence-corrected chi connectivity index (χ2v) is 0.284. The van der Waals surface area contributed by atoms with Crippen molar-refractivity contribution >= 4 is 6.47 Å². The highest BCUT2D eigenvalue weighted by Crippen LogP contribution is 1.29. The Morgan fingerprint density at radius 2 is 1.11 bits per heavy atom. The summed E-state index contributed by atoms with van der Waals surface area (Å²) >= 11 is 0. The van der Waals surface area contributed by atoms with Gasteiger partial charge in [-0.1, -0.05) is 0 Å². The van der Waals surface area contributed by atoms with Gasteiger partial charge in [0.1, 0.15) is 0 Å². The van der Waals surface area contributed by atoms with E-state index in [9.17, 15) is 0 Å². The average molecular weight is 130 g/mol. The summed E-state index contributed by atoms with van der Waals surface area (Å²) < 4.78 is 0. The Morgan fingerprint density at radius 3 is 1.11 bits per heavy atom. The highest BCUT2D eigenvalue weighted by Gasteiger charge is 1.22. The smallest absolute Gasteiger partial charge is 0.290 e. The van der Waals surface area contributed by atoms with E-state index >= 15 is 0 Å². The fraction of sp³-hybridized carbons (Fsp3) is 0. The van der Waals surface area contributed by atoms with Crippen molar-refractivity contribution in [2.45, 2.75) is 0 Å². The minimum atomic E-state index is -0.250. The van der Waals surface area contributed by atoms with Gasteiger partial charge in [0.05, 0.1) is 0 Å². The predicted octanol–water partition coefficient (Wildman–Crippen LogP) is 1.43. The molecule has 0 radical (unpaired) electrons. The molecule has 0 fully saturated rings. The zero-order valence-electron chi connectivity index (χ0n) is 4.12. The van der Waals surface area contributed by atoms with Crippen LogP contribution in [0.1, 0.15) is 0 Å². The maximum Gasteiger partial charge on any atom is 0.290 e. The monoisotopic (exact) mass is 130 g/mol. The van der Waals surface area contributed by atoms with Crippen LogP contribution in [0.15, 0.2) is 0 Å². The van der Waals surface area contributed by atoms with Gasteiger partial charge in [0, 0.05) is 0 Å². The zero-order chi connectivity index (χ0) is 8.12. The molecule has 0 heterocycles. The van der Waals surface area contributed by atoms with Gasteiger partial charge in [0.15, 0.2) is 0 Å². The number of carbonyl (C=O) groups is 1. The van der Waals surface area contributed by atoms with E-state index < -0.39 is 0 Å². The minimum absolute atomic E-state index is 0.250. The van der Waals surface area contributed by atoms with Crippen LogP contribution in [0.25, 0.3) is 31.9 Å². The molecule has 0 aliphatic rings. The molecule has 50 valence electrons. The lowest BCUT2D eigenvalue weighted by molar-refractivity contribution is -0.122. The van der Waals surface area contributed by atoms with Crippen molar-refractivity contribution in [2.24, 2.45) is 0 Å². The number of hydrogen-bond donors (Lipinski definition) is 1. The van der Waals surface area contributed by atoms with Crippen LogP contribution in [-0.4, -0.2) is 11.6 Å².